The average molecular weight is 556 g/mol. The van der Waals surface area contributed by atoms with Gasteiger partial charge < -0.3 is 19.5 Å². The van der Waals surface area contributed by atoms with E-state index in [1.165, 1.54) is 63.1 Å². The number of rotatable bonds is 18. The number of ether oxygens (including phenoxy) is 2. The van der Waals surface area contributed by atoms with Crippen LogP contribution >= 0.6 is 11.8 Å². The molecule has 7 heteroatoms. The predicted octanol–water partition coefficient (Wildman–Crippen LogP) is 8.00. The van der Waals surface area contributed by atoms with Crippen LogP contribution in [-0.2, 0) is 16.2 Å². The molecule has 1 saturated heterocycles. The quantitative estimate of drug-likeness (QED) is 0.188. The largest absolute Gasteiger partial charge is 0.493 e. The lowest BCUT2D eigenvalue weighted by Crippen LogP contribution is -2.42. The van der Waals surface area contributed by atoms with E-state index in [1.807, 2.05) is 48.5 Å². The van der Waals surface area contributed by atoms with Gasteiger partial charge in [0.1, 0.15) is 18.0 Å². The van der Waals surface area contributed by atoms with Crippen LogP contribution in [-0.4, -0.2) is 40.8 Å². The molecular formula is C32H45NO5S. The van der Waals surface area contributed by atoms with Crippen molar-refractivity contribution in [1.29, 1.82) is 0 Å². The van der Waals surface area contributed by atoms with Crippen molar-refractivity contribution in [3.05, 3.63) is 59.7 Å². The van der Waals surface area contributed by atoms with Gasteiger partial charge in [-0.3, -0.25) is 4.79 Å². The molecule has 0 aliphatic carbocycles. The minimum Gasteiger partial charge on any atom is -0.493 e. The van der Waals surface area contributed by atoms with Gasteiger partial charge in [-0.05, 0) is 29.7 Å². The van der Waals surface area contributed by atoms with E-state index >= 15 is 0 Å². The molecule has 2 unspecified atom stereocenters. The minimum absolute atomic E-state index is 0.0864. The Morgan fingerprint density at radius 1 is 0.897 bits per heavy atom. The fourth-order valence-electron chi connectivity index (χ4n) is 5.02. The van der Waals surface area contributed by atoms with Crippen molar-refractivity contribution in [3.63, 3.8) is 0 Å². The van der Waals surface area contributed by atoms with Gasteiger partial charge in [0, 0.05) is 12.2 Å². The van der Waals surface area contributed by atoms with Gasteiger partial charge in [-0.15, -0.1) is 11.8 Å². The molecule has 1 aliphatic heterocycles. The first-order valence-corrected chi connectivity index (χ1v) is 15.6. The smallest absolute Gasteiger partial charge is 0.327 e. The summed E-state index contributed by atoms with van der Waals surface area (Å²) in [5.41, 5.74) is 1.90. The molecule has 0 bridgehead atoms. The number of carboxylic acid groups (broad SMARTS) is 1. The summed E-state index contributed by atoms with van der Waals surface area (Å²) in [6, 6.07) is 14.7. The summed E-state index contributed by atoms with van der Waals surface area (Å²) >= 11 is 1.49. The topological polar surface area (TPSA) is 76.1 Å². The van der Waals surface area contributed by atoms with E-state index in [-0.39, 0.29) is 11.3 Å². The first-order valence-electron chi connectivity index (χ1n) is 14.5. The SMILES string of the molecule is CCCCCCCCCCCCCC(=O)N1C(C(=O)O)CSC1c1ccc(OCc2ccccc2)c(OC)c1. The van der Waals surface area contributed by atoms with E-state index in [9.17, 15) is 14.7 Å². The molecule has 1 amide bonds. The van der Waals surface area contributed by atoms with Gasteiger partial charge >= 0.3 is 5.97 Å². The molecule has 39 heavy (non-hydrogen) atoms. The van der Waals surface area contributed by atoms with E-state index in [2.05, 4.69) is 6.92 Å². The zero-order chi connectivity index (χ0) is 27.9. The second-order valence-corrected chi connectivity index (χ2v) is 11.4. The third-order valence-corrected chi connectivity index (χ3v) is 8.60. The molecule has 3 rings (SSSR count). The van der Waals surface area contributed by atoms with E-state index < -0.39 is 12.0 Å². The Labute approximate surface area is 238 Å². The number of amides is 1. The van der Waals surface area contributed by atoms with Crippen LogP contribution in [0.4, 0.5) is 0 Å². The van der Waals surface area contributed by atoms with Crippen LogP contribution in [0.1, 0.15) is 100 Å². The second-order valence-electron chi connectivity index (χ2n) is 10.3. The van der Waals surface area contributed by atoms with Gasteiger partial charge in [0.2, 0.25) is 5.91 Å². The van der Waals surface area contributed by atoms with Crippen LogP contribution in [0.3, 0.4) is 0 Å². The van der Waals surface area contributed by atoms with Gasteiger partial charge in [0.15, 0.2) is 11.5 Å². The number of methoxy groups -OCH3 is 1. The summed E-state index contributed by atoms with van der Waals surface area (Å²) in [7, 11) is 1.59. The number of carbonyl (C=O) groups is 2. The van der Waals surface area contributed by atoms with Gasteiger partial charge in [-0.1, -0.05) is 108 Å². The highest BCUT2D eigenvalue weighted by Crippen LogP contribution is 2.44. The number of thioether (sulfide) groups is 1. The van der Waals surface area contributed by atoms with Gasteiger partial charge in [-0.2, -0.15) is 0 Å². The molecule has 2 atom stereocenters. The molecule has 0 radical (unpaired) electrons. The van der Waals surface area contributed by atoms with Gasteiger partial charge in [-0.25, -0.2) is 4.79 Å². The summed E-state index contributed by atoms with van der Waals surface area (Å²) in [5.74, 6) is 0.518. The Bertz CT molecular complexity index is 1010. The molecule has 2 aromatic rings. The van der Waals surface area contributed by atoms with Crippen LogP contribution in [0.5, 0.6) is 11.5 Å². The van der Waals surface area contributed by atoms with Crippen molar-refractivity contribution in [3.8, 4) is 11.5 Å². The van der Waals surface area contributed by atoms with Crippen molar-refractivity contribution in [1.82, 2.24) is 4.90 Å². The van der Waals surface area contributed by atoms with E-state index in [0.29, 0.717) is 30.3 Å². The molecule has 0 aromatic heterocycles. The first kappa shape index (κ1) is 30.9. The molecule has 0 saturated carbocycles. The van der Waals surface area contributed by atoms with Crippen LogP contribution in [0.15, 0.2) is 48.5 Å². The molecule has 1 heterocycles. The van der Waals surface area contributed by atoms with Crippen LogP contribution in [0.25, 0.3) is 0 Å². The summed E-state index contributed by atoms with van der Waals surface area (Å²) in [6.07, 6.45) is 13.7. The molecule has 2 aromatic carbocycles. The Kier molecular flexibility index (Phi) is 13.5. The number of carboxylic acids is 1. The Morgan fingerprint density at radius 3 is 2.15 bits per heavy atom. The third kappa shape index (κ3) is 9.79. The van der Waals surface area contributed by atoms with E-state index in [0.717, 1.165) is 30.4 Å². The summed E-state index contributed by atoms with van der Waals surface area (Å²) < 4.78 is 11.6. The summed E-state index contributed by atoms with van der Waals surface area (Å²) in [6.45, 7) is 2.66. The number of hydrogen-bond acceptors (Lipinski definition) is 5. The highest BCUT2D eigenvalue weighted by atomic mass is 32.2. The first-order chi connectivity index (χ1) is 19.0. The van der Waals surface area contributed by atoms with Crippen molar-refractivity contribution in [2.45, 2.75) is 102 Å². The lowest BCUT2D eigenvalue weighted by molar-refractivity contribution is -0.149. The Hall–Kier alpha value is -2.67. The molecule has 1 fully saturated rings. The molecule has 1 N–H and O–H groups in total. The normalized spacial score (nSPS) is 16.8. The zero-order valence-electron chi connectivity index (χ0n) is 23.6. The summed E-state index contributed by atoms with van der Waals surface area (Å²) in [4.78, 5) is 26.8. The van der Waals surface area contributed by atoms with Crippen molar-refractivity contribution >= 4 is 23.6 Å². The molecule has 214 valence electrons. The maximum Gasteiger partial charge on any atom is 0.327 e. The lowest BCUT2D eigenvalue weighted by Gasteiger charge is -2.28. The highest BCUT2D eigenvalue weighted by molar-refractivity contribution is 7.99. The van der Waals surface area contributed by atoms with Crippen LogP contribution in [0.2, 0.25) is 0 Å². The van der Waals surface area contributed by atoms with Crippen molar-refractivity contribution in [2.24, 2.45) is 0 Å². The number of nitrogens with zero attached hydrogens (tertiary/aromatic N) is 1. The second kappa shape index (κ2) is 17.1. The summed E-state index contributed by atoms with van der Waals surface area (Å²) in [5, 5.41) is 9.47. The Balaban J connectivity index is 1.52. The number of benzene rings is 2. The fourth-order valence-corrected chi connectivity index (χ4v) is 6.45. The lowest BCUT2D eigenvalue weighted by atomic mass is 10.0. The zero-order valence-corrected chi connectivity index (χ0v) is 24.4. The van der Waals surface area contributed by atoms with Gasteiger partial charge in [0.25, 0.3) is 0 Å². The molecule has 6 nitrogen and oxygen atoms in total. The predicted molar refractivity (Wildman–Crippen MR) is 158 cm³/mol. The van der Waals surface area contributed by atoms with Crippen LogP contribution < -0.4 is 9.47 Å². The van der Waals surface area contributed by atoms with E-state index in [4.69, 9.17) is 9.47 Å². The minimum atomic E-state index is -0.952. The number of aliphatic carboxylic acids is 1. The Morgan fingerprint density at radius 2 is 1.54 bits per heavy atom. The molecule has 1 aliphatic rings. The fraction of sp³-hybridized carbons (Fsp3) is 0.562. The van der Waals surface area contributed by atoms with E-state index in [1.54, 1.807) is 12.0 Å². The van der Waals surface area contributed by atoms with Crippen LogP contribution in [0, 0.1) is 0 Å². The monoisotopic (exact) mass is 555 g/mol. The maximum absolute atomic E-state index is 13.3. The number of unbranched alkanes of at least 4 members (excludes halogenated alkanes) is 10. The highest BCUT2D eigenvalue weighted by Gasteiger charge is 2.42. The van der Waals surface area contributed by atoms with Gasteiger partial charge in [0.05, 0.1) is 7.11 Å². The molecular weight excluding hydrogens is 510 g/mol. The average Bonchev–Trinajstić information content (AvgIpc) is 3.41. The van der Waals surface area contributed by atoms with Crippen molar-refractivity contribution < 1.29 is 24.2 Å². The third-order valence-electron chi connectivity index (χ3n) is 7.28. The van der Waals surface area contributed by atoms with Crippen molar-refractivity contribution in [2.75, 3.05) is 12.9 Å². The number of hydrogen-bond donors (Lipinski definition) is 1. The molecule has 0 spiro atoms. The standard InChI is InChI=1S/C32H45NO5S/c1-3-4-5-6-7-8-9-10-11-12-16-19-30(34)33-27(32(35)36)24-39-31(33)26-20-21-28(29(22-26)37-2)38-23-25-17-14-13-15-18-25/h13-15,17-18,20-22,27,31H,3-12,16,19,23-24H2,1-2H3,(H,35,36). The number of carbonyl (C=O) groups excluding carboxylic acids is 1. The maximum atomic E-state index is 13.3.